The molecule has 1 N–H and O–H groups in total. The van der Waals surface area contributed by atoms with Crippen molar-refractivity contribution >= 4 is 11.6 Å². The molecule has 0 aromatic heterocycles. The molecule has 1 aliphatic rings. The van der Waals surface area contributed by atoms with Crippen molar-refractivity contribution in [2.45, 2.75) is 18.6 Å². The van der Waals surface area contributed by atoms with Crippen LogP contribution >= 0.6 is 0 Å². The van der Waals surface area contributed by atoms with Gasteiger partial charge < -0.3 is 10.1 Å². The zero-order chi connectivity index (χ0) is 18.6. The molecule has 3 atom stereocenters. The van der Waals surface area contributed by atoms with E-state index in [0.717, 1.165) is 23.5 Å². The summed E-state index contributed by atoms with van der Waals surface area (Å²) >= 11 is 0. The summed E-state index contributed by atoms with van der Waals surface area (Å²) in [4.78, 5) is 15.2. The zero-order valence-corrected chi connectivity index (χ0v) is 15.2. The number of para-hydroxylation sites is 2. The molecule has 0 saturated carbocycles. The summed E-state index contributed by atoms with van der Waals surface area (Å²) in [6, 6.07) is 27.5. The van der Waals surface area contributed by atoms with Gasteiger partial charge in [-0.3, -0.25) is 9.69 Å². The second-order valence-electron chi connectivity index (χ2n) is 6.64. The normalized spacial score (nSPS) is 20.7. The fourth-order valence-corrected chi connectivity index (χ4v) is 3.56. The molecule has 1 saturated heterocycles. The average molecular weight is 358 g/mol. The van der Waals surface area contributed by atoms with Crippen LogP contribution in [-0.2, 0) is 11.3 Å². The van der Waals surface area contributed by atoms with Crippen LogP contribution in [0.25, 0.3) is 0 Å². The number of amides is 1. The Kier molecular flexibility index (Phi) is 4.90. The maximum absolute atomic E-state index is 13.0. The highest BCUT2D eigenvalue weighted by Crippen LogP contribution is 2.47. The fraction of sp³-hybridized carbons (Fsp3) is 0.174. The highest BCUT2D eigenvalue weighted by atomic mass is 16.5. The predicted molar refractivity (Wildman–Crippen MR) is 107 cm³/mol. The molecule has 1 aliphatic heterocycles. The monoisotopic (exact) mass is 358 g/mol. The van der Waals surface area contributed by atoms with Crippen LogP contribution in [0, 0.1) is 0 Å². The van der Waals surface area contributed by atoms with E-state index in [1.54, 1.807) is 7.11 Å². The van der Waals surface area contributed by atoms with Gasteiger partial charge in [0.25, 0.3) is 0 Å². The van der Waals surface area contributed by atoms with Crippen LogP contribution in [0.15, 0.2) is 84.9 Å². The summed E-state index contributed by atoms with van der Waals surface area (Å²) in [5, 5.41) is 3.04. The second-order valence-corrected chi connectivity index (χ2v) is 6.64. The Bertz CT molecular complexity index is 912. The Morgan fingerprint density at radius 1 is 0.926 bits per heavy atom. The van der Waals surface area contributed by atoms with E-state index in [2.05, 4.69) is 22.3 Å². The van der Waals surface area contributed by atoms with Gasteiger partial charge in [-0.2, -0.15) is 0 Å². The summed E-state index contributed by atoms with van der Waals surface area (Å²) in [5.74, 6) is 0.823. The lowest BCUT2D eigenvalue weighted by Crippen LogP contribution is -2.21. The maximum Gasteiger partial charge on any atom is 0.243 e. The lowest BCUT2D eigenvalue weighted by molar-refractivity contribution is -0.116. The summed E-state index contributed by atoms with van der Waals surface area (Å²) in [6.45, 7) is 0.719. The number of methoxy groups -OCH3 is 1. The molecule has 3 aromatic carbocycles. The lowest BCUT2D eigenvalue weighted by Gasteiger charge is -2.08. The van der Waals surface area contributed by atoms with E-state index in [1.807, 2.05) is 72.8 Å². The van der Waals surface area contributed by atoms with Crippen molar-refractivity contribution in [1.82, 2.24) is 4.90 Å². The minimum atomic E-state index is -0.221. The van der Waals surface area contributed by atoms with Gasteiger partial charge >= 0.3 is 0 Å². The largest absolute Gasteiger partial charge is 0.496 e. The van der Waals surface area contributed by atoms with E-state index in [9.17, 15) is 4.79 Å². The first-order valence-electron chi connectivity index (χ1n) is 9.06. The molecule has 4 nitrogen and oxygen atoms in total. The zero-order valence-electron chi connectivity index (χ0n) is 15.2. The number of rotatable bonds is 6. The molecule has 4 rings (SSSR count). The van der Waals surface area contributed by atoms with Crippen LogP contribution in [0.3, 0.4) is 0 Å². The minimum absolute atomic E-state index is 0.00469. The second kappa shape index (κ2) is 7.64. The van der Waals surface area contributed by atoms with Crippen molar-refractivity contribution in [2.24, 2.45) is 0 Å². The summed E-state index contributed by atoms with van der Waals surface area (Å²) in [5.41, 5.74) is 3.05. The van der Waals surface area contributed by atoms with Gasteiger partial charge in [-0.25, -0.2) is 0 Å². The molecule has 4 heteroatoms. The van der Waals surface area contributed by atoms with E-state index >= 15 is 0 Å². The van der Waals surface area contributed by atoms with Crippen molar-refractivity contribution in [1.29, 1.82) is 0 Å². The summed E-state index contributed by atoms with van der Waals surface area (Å²) in [6.07, 6.45) is 0. The van der Waals surface area contributed by atoms with Gasteiger partial charge in [-0.1, -0.05) is 66.7 Å². The topological polar surface area (TPSA) is 41.3 Å². The molecule has 0 aliphatic carbocycles. The Balaban J connectivity index is 1.59. The average Bonchev–Trinajstić information content (AvgIpc) is 3.43. The molecular formula is C23H22N2O2. The first-order chi connectivity index (χ1) is 13.3. The fourth-order valence-electron chi connectivity index (χ4n) is 3.56. The number of hydrogen-bond donors (Lipinski definition) is 1. The minimum Gasteiger partial charge on any atom is -0.496 e. The number of nitrogens with one attached hydrogen (secondary N) is 1. The lowest BCUT2D eigenvalue weighted by atomic mass is 10.1. The van der Waals surface area contributed by atoms with Crippen LogP contribution in [0.1, 0.15) is 17.2 Å². The molecular weight excluding hydrogens is 336 g/mol. The van der Waals surface area contributed by atoms with Gasteiger partial charge in [0.15, 0.2) is 0 Å². The number of carbonyl (C=O) groups is 1. The van der Waals surface area contributed by atoms with Crippen molar-refractivity contribution < 1.29 is 9.53 Å². The first kappa shape index (κ1) is 17.3. The Hall–Kier alpha value is -3.11. The number of benzene rings is 3. The molecule has 136 valence electrons. The van der Waals surface area contributed by atoms with E-state index in [0.29, 0.717) is 0 Å². The molecule has 0 bridgehead atoms. The quantitative estimate of drug-likeness (QED) is 0.670. The van der Waals surface area contributed by atoms with Gasteiger partial charge in [0.1, 0.15) is 11.8 Å². The van der Waals surface area contributed by atoms with Crippen molar-refractivity contribution in [2.75, 3.05) is 12.4 Å². The summed E-state index contributed by atoms with van der Waals surface area (Å²) in [7, 11) is 1.67. The third-order valence-corrected chi connectivity index (χ3v) is 4.90. The Labute approximate surface area is 159 Å². The van der Waals surface area contributed by atoms with Crippen molar-refractivity contribution in [3.05, 3.63) is 96.1 Å². The highest BCUT2D eigenvalue weighted by molar-refractivity contribution is 5.97. The van der Waals surface area contributed by atoms with Crippen LogP contribution in [0.2, 0.25) is 0 Å². The van der Waals surface area contributed by atoms with Gasteiger partial charge in [-0.15, -0.1) is 0 Å². The van der Waals surface area contributed by atoms with E-state index in [4.69, 9.17) is 4.74 Å². The Morgan fingerprint density at radius 3 is 2.26 bits per heavy atom. The van der Waals surface area contributed by atoms with Gasteiger partial charge in [0, 0.05) is 17.8 Å². The maximum atomic E-state index is 13.0. The molecule has 0 radical (unpaired) electrons. The van der Waals surface area contributed by atoms with Gasteiger partial charge in [-0.05, 0) is 23.8 Å². The molecule has 1 amide bonds. The molecule has 1 fully saturated rings. The number of anilines is 1. The van der Waals surface area contributed by atoms with E-state index in [-0.39, 0.29) is 18.0 Å². The van der Waals surface area contributed by atoms with Crippen molar-refractivity contribution in [3.63, 3.8) is 0 Å². The van der Waals surface area contributed by atoms with Crippen LogP contribution in [0.4, 0.5) is 5.69 Å². The number of hydrogen-bond acceptors (Lipinski definition) is 3. The third kappa shape index (κ3) is 3.71. The summed E-state index contributed by atoms with van der Waals surface area (Å²) < 4.78 is 5.53. The Morgan fingerprint density at radius 2 is 1.56 bits per heavy atom. The molecule has 1 unspecified atom stereocenters. The van der Waals surface area contributed by atoms with Crippen molar-refractivity contribution in [3.8, 4) is 5.75 Å². The SMILES string of the molecule is COc1ccccc1[C@H]1[C@H](C(=O)Nc2ccccc2)N1Cc1ccccc1. The highest BCUT2D eigenvalue weighted by Gasteiger charge is 2.54. The van der Waals surface area contributed by atoms with Crippen LogP contribution in [-0.4, -0.2) is 24.0 Å². The molecule has 27 heavy (non-hydrogen) atoms. The number of carbonyl (C=O) groups excluding carboxylic acids is 1. The molecule has 0 spiro atoms. The van der Waals surface area contributed by atoms with Gasteiger partial charge in [0.05, 0.1) is 13.2 Å². The van der Waals surface area contributed by atoms with Crippen LogP contribution < -0.4 is 10.1 Å². The third-order valence-electron chi connectivity index (χ3n) is 4.90. The number of ether oxygens (including phenoxy) is 1. The van der Waals surface area contributed by atoms with Gasteiger partial charge in [0.2, 0.25) is 5.91 Å². The number of nitrogens with zero attached hydrogens (tertiary/aromatic N) is 1. The smallest absolute Gasteiger partial charge is 0.243 e. The van der Waals surface area contributed by atoms with Crippen LogP contribution in [0.5, 0.6) is 5.75 Å². The molecule has 3 aromatic rings. The van der Waals surface area contributed by atoms with E-state index in [1.165, 1.54) is 5.56 Å². The predicted octanol–water partition coefficient (Wildman–Crippen LogP) is 4.26. The standard InChI is InChI=1S/C23H22N2O2/c1-27-20-15-9-8-14-19(20)21-22(23(26)24-18-12-6-3-7-13-18)25(21)16-17-10-4-2-5-11-17/h2-15,21-22H,16H2,1H3,(H,24,26)/t21-,22+,25?/m0/s1. The van der Waals surface area contributed by atoms with E-state index < -0.39 is 0 Å². The molecule has 1 heterocycles. The first-order valence-corrected chi connectivity index (χ1v) is 9.06.